The molecule has 1 aromatic carbocycles. The van der Waals surface area contributed by atoms with E-state index in [1.165, 1.54) is 0 Å². The average Bonchev–Trinajstić information content (AvgIpc) is 2.46. The first-order valence-corrected chi connectivity index (χ1v) is 7.79. The lowest BCUT2D eigenvalue weighted by Gasteiger charge is -2.33. The minimum atomic E-state index is 0.156. The van der Waals surface area contributed by atoms with E-state index >= 15 is 0 Å². The van der Waals surface area contributed by atoms with Crippen LogP contribution in [0.15, 0.2) is 28.7 Å². The third-order valence-electron chi connectivity index (χ3n) is 4.06. The second-order valence-electron chi connectivity index (χ2n) is 5.45. The van der Waals surface area contributed by atoms with Gasteiger partial charge in [-0.1, -0.05) is 28.1 Å². The topological polar surface area (TPSA) is 44.1 Å². The van der Waals surface area contributed by atoms with Crippen LogP contribution in [0.25, 0.3) is 0 Å². The van der Waals surface area contributed by atoms with Crippen molar-refractivity contribution in [3.63, 3.8) is 0 Å². The van der Waals surface area contributed by atoms with Crippen LogP contribution in [0.4, 0.5) is 0 Å². The zero-order chi connectivity index (χ0) is 14.5. The van der Waals surface area contributed by atoms with Crippen molar-refractivity contribution in [2.24, 2.45) is 5.92 Å². The van der Waals surface area contributed by atoms with Gasteiger partial charge in [0.2, 0.25) is 5.91 Å². The highest BCUT2D eigenvalue weighted by molar-refractivity contribution is 9.10. The number of benzene rings is 1. The van der Waals surface area contributed by atoms with E-state index in [2.05, 4.69) is 22.0 Å². The summed E-state index contributed by atoms with van der Waals surface area (Å²) in [6.45, 7) is 0. The molecule has 106 valence electrons. The number of nitrogens with zero attached hydrogens (tertiary/aromatic N) is 2. The van der Waals surface area contributed by atoms with E-state index in [1.807, 2.05) is 36.2 Å². The monoisotopic (exact) mass is 334 g/mol. The van der Waals surface area contributed by atoms with Crippen molar-refractivity contribution in [1.29, 1.82) is 5.26 Å². The highest BCUT2D eigenvalue weighted by Crippen LogP contribution is 2.26. The SMILES string of the molecule is CN(C(=O)Cc1cccc(Br)c1)C1CCC(C#N)CC1. The molecule has 1 aliphatic rings. The molecule has 20 heavy (non-hydrogen) atoms. The smallest absolute Gasteiger partial charge is 0.226 e. The van der Waals surface area contributed by atoms with Gasteiger partial charge in [0, 0.05) is 23.5 Å². The van der Waals surface area contributed by atoms with E-state index in [0.29, 0.717) is 12.5 Å². The molecule has 0 radical (unpaired) electrons. The molecule has 3 nitrogen and oxygen atoms in total. The molecular weight excluding hydrogens is 316 g/mol. The quantitative estimate of drug-likeness (QED) is 0.848. The van der Waals surface area contributed by atoms with Gasteiger partial charge in [0.05, 0.1) is 12.5 Å². The van der Waals surface area contributed by atoms with Gasteiger partial charge in [-0.05, 0) is 43.4 Å². The highest BCUT2D eigenvalue weighted by Gasteiger charge is 2.26. The number of carbonyl (C=O) groups is 1. The van der Waals surface area contributed by atoms with Gasteiger partial charge < -0.3 is 4.90 Å². The maximum Gasteiger partial charge on any atom is 0.226 e. The Morgan fingerprint density at radius 2 is 2.10 bits per heavy atom. The number of likely N-dealkylation sites (N-methyl/N-ethyl adjacent to an activating group) is 1. The number of nitriles is 1. The lowest BCUT2D eigenvalue weighted by Crippen LogP contribution is -2.40. The normalized spacial score (nSPS) is 22.1. The second-order valence-corrected chi connectivity index (χ2v) is 6.36. The van der Waals surface area contributed by atoms with Crippen LogP contribution < -0.4 is 0 Å². The summed E-state index contributed by atoms with van der Waals surface area (Å²) in [6, 6.07) is 10.5. The van der Waals surface area contributed by atoms with Gasteiger partial charge in [-0.3, -0.25) is 4.79 Å². The van der Waals surface area contributed by atoms with E-state index in [-0.39, 0.29) is 11.8 Å². The summed E-state index contributed by atoms with van der Waals surface area (Å²) in [5.74, 6) is 0.336. The molecule has 0 bridgehead atoms. The summed E-state index contributed by atoms with van der Waals surface area (Å²) >= 11 is 3.42. The molecule has 1 amide bonds. The van der Waals surface area contributed by atoms with Crippen molar-refractivity contribution in [3.05, 3.63) is 34.3 Å². The number of carbonyl (C=O) groups excluding carboxylic acids is 1. The van der Waals surface area contributed by atoms with E-state index in [1.54, 1.807) is 0 Å². The largest absolute Gasteiger partial charge is 0.342 e. The molecule has 0 atom stereocenters. The summed E-state index contributed by atoms with van der Waals surface area (Å²) < 4.78 is 1.000. The Balaban J connectivity index is 1.91. The minimum Gasteiger partial charge on any atom is -0.342 e. The van der Waals surface area contributed by atoms with Crippen molar-refractivity contribution < 1.29 is 4.79 Å². The Kier molecular flexibility index (Phi) is 5.19. The Labute approximate surface area is 128 Å². The Morgan fingerprint density at radius 1 is 1.40 bits per heavy atom. The summed E-state index contributed by atoms with van der Waals surface area (Å²) in [4.78, 5) is 14.2. The van der Waals surface area contributed by atoms with Crippen molar-refractivity contribution in [2.75, 3.05) is 7.05 Å². The molecule has 0 aromatic heterocycles. The third-order valence-corrected chi connectivity index (χ3v) is 4.56. The van der Waals surface area contributed by atoms with Gasteiger partial charge in [-0.2, -0.15) is 5.26 Å². The van der Waals surface area contributed by atoms with Crippen LogP contribution >= 0.6 is 15.9 Å². The molecule has 1 aliphatic carbocycles. The van der Waals surface area contributed by atoms with Gasteiger partial charge >= 0.3 is 0 Å². The van der Waals surface area contributed by atoms with Gasteiger partial charge in [-0.25, -0.2) is 0 Å². The molecule has 0 heterocycles. The minimum absolute atomic E-state index is 0.156. The predicted octanol–water partition coefficient (Wildman–Crippen LogP) is 3.53. The number of hydrogen-bond acceptors (Lipinski definition) is 2. The van der Waals surface area contributed by atoms with Gasteiger partial charge in [0.15, 0.2) is 0 Å². The first kappa shape index (κ1) is 15.1. The number of halogens is 1. The lowest BCUT2D eigenvalue weighted by atomic mass is 9.86. The summed E-state index contributed by atoms with van der Waals surface area (Å²) in [6.07, 6.45) is 4.15. The molecule has 0 unspecified atom stereocenters. The molecule has 4 heteroatoms. The Morgan fingerprint density at radius 3 is 2.70 bits per heavy atom. The molecule has 1 fully saturated rings. The van der Waals surface area contributed by atoms with Crippen LogP contribution in [0.3, 0.4) is 0 Å². The predicted molar refractivity (Wildman–Crippen MR) is 82.0 cm³/mol. The second kappa shape index (κ2) is 6.90. The molecule has 0 aliphatic heterocycles. The van der Waals surface area contributed by atoms with Crippen LogP contribution in [0.5, 0.6) is 0 Å². The van der Waals surface area contributed by atoms with Crippen molar-refractivity contribution in [2.45, 2.75) is 38.1 Å². The number of rotatable bonds is 3. The van der Waals surface area contributed by atoms with Crippen LogP contribution in [0.2, 0.25) is 0 Å². The van der Waals surface area contributed by atoms with Crippen molar-refractivity contribution in [1.82, 2.24) is 4.90 Å². The molecule has 1 saturated carbocycles. The molecular formula is C16H19BrN2O. The molecule has 2 rings (SSSR count). The standard InChI is InChI=1S/C16H19BrN2O/c1-19(15-7-5-12(11-18)6-8-15)16(20)10-13-3-2-4-14(17)9-13/h2-4,9,12,15H,5-8,10H2,1H3. The first-order valence-electron chi connectivity index (χ1n) is 7.00. The van der Waals surface area contributed by atoms with Crippen molar-refractivity contribution >= 4 is 21.8 Å². The fourth-order valence-corrected chi connectivity index (χ4v) is 3.19. The average molecular weight is 335 g/mol. The zero-order valence-corrected chi connectivity index (χ0v) is 13.3. The van der Waals surface area contributed by atoms with Gasteiger partial charge in [-0.15, -0.1) is 0 Å². The van der Waals surface area contributed by atoms with Crippen LogP contribution in [-0.2, 0) is 11.2 Å². The summed E-state index contributed by atoms with van der Waals surface area (Å²) in [5, 5.41) is 8.91. The maximum absolute atomic E-state index is 12.3. The summed E-state index contributed by atoms with van der Waals surface area (Å²) in [5.41, 5.74) is 1.03. The van der Waals surface area contributed by atoms with E-state index in [9.17, 15) is 4.79 Å². The van der Waals surface area contributed by atoms with Crippen LogP contribution in [0.1, 0.15) is 31.2 Å². The fourth-order valence-electron chi connectivity index (χ4n) is 2.74. The zero-order valence-electron chi connectivity index (χ0n) is 11.7. The third kappa shape index (κ3) is 3.83. The highest BCUT2D eigenvalue weighted by atomic mass is 79.9. The lowest BCUT2D eigenvalue weighted by molar-refractivity contribution is -0.131. The Bertz CT molecular complexity index is 515. The molecule has 0 spiro atoms. The van der Waals surface area contributed by atoms with Crippen molar-refractivity contribution in [3.8, 4) is 6.07 Å². The first-order chi connectivity index (χ1) is 9.60. The molecule has 0 saturated heterocycles. The van der Waals surface area contributed by atoms with E-state index in [0.717, 1.165) is 35.7 Å². The molecule has 1 aromatic rings. The van der Waals surface area contributed by atoms with Gasteiger partial charge in [0.25, 0.3) is 0 Å². The maximum atomic E-state index is 12.3. The van der Waals surface area contributed by atoms with Gasteiger partial charge in [0.1, 0.15) is 0 Å². The summed E-state index contributed by atoms with van der Waals surface area (Å²) in [7, 11) is 1.89. The van der Waals surface area contributed by atoms with Crippen LogP contribution in [-0.4, -0.2) is 23.9 Å². The fraction of sp³-hybridized carbons (Fsp3) is 0.500. The van der Waals surface area contributed by atoms with E-state index in [4.69, 9.17) is 5.26 Å². The van der Waals surface area contributed by atoms with Crippen LogP contribution in [0, 0.1) is 17.2 Å². The Hall–Kier alpha value is -1.34. The van der Waals surface area contributed by atoms with E-state index < -0.39 is 0 Å². The number of hydrogen-bond donors (Lipinski definition) is 0. The molecule has 0 N–H and O–H groups in total. The number of amides is 1.